The number of nitrogens with one attached hydrogen (secondary N) is 1. The Labute approximate surface area is 179 Å². The Hall–Kier alpha value is -3.74. The van der Waals surface area contributed by atoms with Crippen molar-refractivity contribution in [2.45, 2.75) is 31.6 Å². The second-order valence-corrected chi connectivity index (χ2v) is 7.97. The Morgan fingerprint density at radius 3 is 2.19 bits per heavy atom. The molecule has 1 N–H and O–H groups in total. The number of amides is 3. The summed E-state index contributed by atoms with van der Waals surface area (Å²) in [5, 5.41) is 7.63. The van der Waals surface area contributed by atoms with Gasteiger partial charge in [0.25, 0.3) is 11.8 Å². The number of nitrogens with zero attached hydrogens (tertiary/aromatic N) is 3. The lowest BCUT2D eigenvalue weighted by Gasteiger charge is -2.14. The maximum absolute atomic E-state index is 12.8. The summed E-state index contributed by atoms with van der Waals surface area (Å²) < 4.78 is 1.72. The lowest BCUT2D eigenvalue weighted by Crippen LogP contribution is -2.37. The zero-order chi connectivity index (χ0) is 21.4. The first-order valence-corrected chi connectivity index (χ1v) is 10.5. The van der Waals surface area contributed by atoms with Gasteiger partial charge in [-0.1, -0.05) is 43.2 Å². The number of para-hydroxylation sites is 1. The number of rotatable bonds is 5. The van der Waals surface area contributed by atoms with Gasteiger partial charge in [-0.3, -0.25) is 19.3 Å². The summed E-state index contributed by atoms with van der Waals surface area (Å²) >= 11 is 0. The third-order valence-corrected chi connectivity index (χ3v) is 5.95. The highest BCUT2D eigenvalue weighted by atomic mass is 16.2. The fourth-order valence-corrected chi connectivity index (χ4v) is 4.38. The van der Waals surface area contributed by atoms with Gasteiger partial charge in [0.1, 0.15) is 12.4 Å². The number of anilines is 1. The summed E-state index contributed by atoms with van der Waals surface area (Å²) in [5.41, 5.74) is 2.46. The van der Waals surface area contributed by atoms with Crippen molar-refractivity contribution in [1.82, 2.24) is 14.7 Å². The van der Waals surface area contributed by atoms with Gasteiger partial charge in [0.15, 0.2) is 0 Å². The van der Waals surface area contributed by atoms with Crippen LogP contribution in [0, 0.1) is 0 Å². The average Bonchev–Trinajstić information content (AvgIpc) is 3.51. The zero-order valence-corrected chi connectivity index (χ0v) is 17.0. The number of carbonyl (C=O) groups excluding carboxylic acids is 3. The first-order valence-electron chi connectivity index (χ1n) is 10.5. The molecule has 7 nitrogen and oxygen atoms in total. The van der Waals surface area contributed by atoms with Crippen LogP contribution in [-0.4, -0.2) is 38.9 Å². The van der Waals surface area contributed by atoms with Crippen molar-refractivity contribution in [2.24, 2.45) is 0 Å². The van der Waals surface area contributed by atoms with E-state index in [2.05, 4.69) is 5.32 Å². The van der Waals surface area contributed by atoms with Gasteiger partial charge in [0, 0.05) is 12.0 Å². The molecule has 0 bridgehead atoms. The van der Waals surface area contributed by atoms with Crippen LogP contribution in [0.25, 0.3) is 5.69 Å². The molecule has 2 aliphatic rings. The molecule has 156 valence electrons. The lowest BCUT2D eigenvalue weighted by molar-refractivity contribution is -0.116. The number of benzene rings is 2. The van der Waals surface area contributed by atoms with Crippen LogP contribution < -0.4 is 5.32 Å². The van der Waals surface area contributed by atoms with Crippen LogP contribution >= 0.6 is 0 Å². The second-order valence-electron chi connectivity index (χ2n) is 7.97. The Bertz CT molecular complexity index is 1130. The van der Waals surface area contributed by atoms with E-state index in [1.165, 1.54) is 12.8 Å². The maximum Gasteiger partial charge on any atom is 0.262 e. The van der Waals surface area contributed by atoms with E-state index >= 15 is 0 Å². The van der Waals surface area contributed by atoms with Gasteiger partial charge in [0.2, 0.25) is 5.91 Å². The molecule has 1 aliphatic heterocycles. The van der Waals surface area contributed by atoms with Gasteiger partial charge in [-0.25, -0.2) is 4.68 Å². The van der Waals surface area contributed by atoms with Crippen molar-refractivity contribution in [3.63, 3.8) is 0 Å². The van der Waals surface area contributed by atoms with E-state index < -0.39 is 17.7 Å². The lowest BCUT2D eigenvalue weighted by atomic mass is 10.0. The molecule has 31 heavy (non-hydrogen) atoms. The quantitative estimate of drug-likeness (QED) is 0.644. The summed E-state index contributed by atoms with van der Waals surface area (Å²) in [6.45, 7) is -0.342. The molecule has 7 heteroatoms. The Kier molecular flexibility index (Phi) is 4.86. The summed E-state index contributed by atoms with van der Waals surface area (Å²) in [5.74, 6) is -0.408. The van der Waals surface area contributed by atoms with Crippen LogP contribution in [-0.2, 0) is 4.79 Å². The molecule has 1 fully saturated rings. The van der Waals surface area contributed by atoms with E-state index in [9.17, 15) is 14.4 Å². The molecule has 0 atom stereocenters. The van der Waals surface area contributed by atoms with Gasteiger partial charge in [-0.2, -0.15) is 5.10 Å². The van der Waals surface area contributed by atoms with E-state index in [4.69, 9.17) is 5.10 Å². The number of fused-ring (bicyclic) bond motifs is 1. The van der Waals surface area contributed by atoms with Crippen molar-refractivity contribution in [1.29, 1.82) is 0 Å². The Balaban J connectivity index is 1.39. The first-order chi connectivity index (χ1) is 15.1. The fraction of sp³-hybridized carbons (Fsp3) is 0.250. The van der Waals surface area contributed by atoms with Crippen LogP contribution in [0.15, 0.2) is 60.7 Å². The van der Waals surface area contributed by atoms with Crippen LogP contribution in [0.4, 0.5) is 5.82 Å². The SMILES string of the molecule is O=C(CN1C(=O)c2ccccc2C1=O)Nc1cc(C2CCCC2)nn1-c1ccccc1. The standard InChI is InChI=1S/C24H22N4O3/c29-22(15-27-23(30)18-12-6-7-13-19(18)24(27)31)25-21-14-20(16-8-4-5-9-16)26-28(21)17-10-2-1-3-11-17/h1-3,6-7,10-14,16H,4-5,8-9,15H2,(H,25,29). The molecular weight excluding hydrogens is 392 g/mol. The number of hydrogen-bond donors (Lipinski definition) is 1. The minimum absolute atomic E-state index is 0.332. The van der Waals surface area contributed by atoms with Crippen LogP contribution in [0.3, 0.4) is 0 Å². The zero-order valence-electron chi connectivity index (χ0n) is 17.0. The summed E-state index contributed by atoms with van der Waals surface area (Å²) in [4.78, 5) is 39.0. The van der Waals surface area contributed by atoms with E-state index in [1.54, 1.807) is 28.9 Å². The monoisotopic (exact) mass is 414 g/mol. The van der Waals surface area contributed by atoms with Crippen LogP contribution in [0.1, 0.15) is 58.0 Å². The van der Waals surface area contributed by atoms with E-state index in [1.807, 2.05) is 36.4 Å². The fourth-order valence-electron chi connectivity index (χ4n) is 4.38. The highest BCUT2D eigenvalue weighted by molar-refractivity contribution is 6.22. The molecule has 3 amide bonds. The van der Waals surface area contributed by atoms with E-state index in [0.717, 1.165) is 29.1 Å². The topological polar surface area (TPSA) is 84.3 Å². The average molecular weight is 414 g/mol. The van der Waals surface area contributed by atoms with Crippen LogP contribution in [0.5, 0.6) is 0 Å². The number of imide groups is 1. The highest BCUT2D eigenvalue weighted by Crippen LogP contribution is 2.35. The smallest absolute Gasteiger partial charge is 0.262 e. The second kappa shape index (κ2) is 7.83. The summed E-state index contributed by atoms with van der Waals surface area (Å²) in [7, 11) is 0. The van der Waals surface area contributed by atoms with Gasteiger partial charge < -0.3 is 5.32 Å². The Morgan fingerprint density at radius 2 is 1.55 bits per heavy atom. The number of aromatic nitrogens is 2. The van der Waals surface area contributed by atoms with Crippen molar-refractivity contribution < 1.29 is 14.4 Å². The highest BCUT2D eigenvalue weighted by Gasteiger charge is 2.36. The van der Waals surface area contributed by atoms with E-state index in [-0.39, 0.29) is 6.54 Å². The minimum atomic E-state index is -0.445. The largest absolute Gasteiger partial charge is 0.309 e. The predicted octanol–water partition coefficient (Wildman–Crippen LogP) is 3.76. The van der Waals surface area contributed by atoms with Gasteiger partial charge >= 0.3 is 0 Å². The molecular formula is C24H22N4O3. The minimum Gasteiger partial charge on any atom is -0.309 e. The van der Waals surface area contributed by atoms with E-state index in [0.29, 0.717) is 22.9 Å². The van der Waals surface area contributed by atoms with Gasteiger partial charge in [0.05, 0.1) is 22.5 Å². The molecule has 5 rings (SSSR count). The molecule has 0 unspecified atom stereocenters. The molecule has 1 aliphatic carbocycles. The number of carbonyl (C=O) groups is 3. The Morgan fingerprint density at radius 1 is 0.935 bits per heavy atom. The first kappa shape index (κ1) is 19.2. The maximum atomic E-state index is 12.8. The van der Waals surface area contributed by atoms with Crippen LogP contribution in [0.2, 0.25) is 0 Å². The molecule has 0 spiro atoms. The number of hydrogen-bond acceptors (Lipinski definition) is 4. The normalized spacial score (nSPS) is 16.1. The van der Waals surface area contributed by atoms with Crippen molar-refractivity contribution in [3.05, 3.63) is 77.5 Å². The molecule has 2 aromatic carbocycles. The predicted molar refractivity (Wildman–Crippen MR) is 115 cm³/mol. The molecule has 1 aromatic heterocycles. The van der Waals surface area contributed by atoms with Gasteiger partial charge in [-0.05, 0) is 37.1 Å². The van der Waals surface area contributed by atoms with Crippen molar-refractivity contribution in [2.75, 3.05) is 11.9 Å². The molecule has 0 saturated heterocycles. The molecule has 2 heterocycles. The molecule has 3 aromatic rings. The van der Waals surface area contributed by atoms with Crippen molar-refractivity contribution >= 4 is 23.5 Å². The third kappa shape index (κ3) is 3.52. The van der Waals surface area contributed by atoms with Crippen molar-refractivity contribution in [3.8, 4) is 5.69 Å². The third-order valence-electron chi connectivity index (χ3n) is 5.95. The van der Waals surface area contributed by atoms with Gasteiger partial charge in [-0.15, -0.1) is 0 Å². The molecule has 1 saturated carbocycles. The summed E-state index contributed by atoms with van der Waals surface area (Å²) in [6, 6.07) is 18.1. The summed E-state index contributed by atoms with van der Waals surface area (Å²) in [6.07, 6.45) is 4.55. The molecule has 0 radical (unpaired) electrons.